The molecule has 2 aromatic rings. The number of rotatable bonds is 3. The molecule has 6 nitrogen and oxygen atoms in total. The highest BCUT2D eigenvalue weighted by Gasteiger charge is 2.15. The first kappa shape index (κ1) is 14.1. The Morgan fingerprint density at radius 3 is 2.85 bits per heavy atom. The van der Waals surface area contributed by atoms with E-state index in [0.717, 1.165) is 11.1 Å². The van der Waals surface area contributed by atoms with Gasteiger partial charge in [-0.05, 0) is 30.7 Å². The van der Waals surface area contributed by atoms with Gasteiger partial charge >= 0.3 is 0 Å². The lowest BCUT2D eigenvalue weighted by Crippen LogP contribution is -2.13. The van der Waals surface area contributed by atoms with Gasteiger partial charge in [-0.2, -0.15) is 8.42 Å². The monoisotopic (exact) mass is 290 g/mol. The van der Waals surface area contributed by atoms with Gasteiger partial charge in [-0.3, -0.25) is 4.72 Å². The van der Waals surface area contributed by atoms with Gasteiger partial charge in [0.1, 0.15) is 0 Å². The van der Waals surface area contributed by atoms with Gasteiger partial charge in [0.25, 0.3) is 10.0 Å². The van der Waals surface area contributed by atoms with Crippen molar-refractivity contribution in [2.75, 3.05) is 11.3 Å². The number of aromatic nitrogens is 2. The summed E-state index contributed by atoms with van der Waals surface area (Å²) in [5.41, 5.74) is 7.48. The molecule has 0 aliphatic rings. The number of hydrogen-bond acceptors (Lipinski definition) is 4. The molecule has 0 unspecified atom stereocenters. The van der Waals surface area contributed by atoms with Crippen molar-refractivity contribution < 1.29 is 8.42 Å². The van der Waals surface area contributed by atoms with E-state index in [9.17, 15) is 8.42 Å². The van der Waals surface area contributed by atoms with E-state index in [4.69, 9.17) is 5.73 Å². The molecular formula is C13H14N4O2S. The fourth-order valence-corrected chi connectivity index (χ4v) is 2.57. The number of nitrogens with one attached hydrogen (secondary N) is 2. The molecule has 20 heavy (non-hydrogen) atoms. The number of benzene rings is 1. The first-order valence-electron chi connectivity index (χ1n) is 5.84. The van der Waals surface area contributed by atoms with E-state index < -0.39 is 10.0 Å². The molecule has 1 aromatic carbocycles. The number of aryl methyl sites for hydroxylation is 1. The third-order valence-electron chi connectivity index (χ3n) is 2.57. The standard InChI is InChI=1S/C13H14N4O2S/c1-10-7-12(5-4-11(10)3-2-6-14)17-20(18,19)13-8-15-9-16-13/h4-5,7-9,17H,6,14H2,1H3,(H,15,16). The molecule has 0 aliphatic carbocycles. The minimum absolute atomic E-state index is 0.0159. The minimum atomic E-state index is -3.64. The zero-order valence-electron chi connectivity index (χ0n) is 10.8. The van der Waals surface area contributed by atoms with Crippen molar-refractivity contribution >= 4 is 15.7 Å². The Morgan fingerprint density at radius 1 is 1.45 bits per heavy atom. The average Bonchev–Trinajstić information content (AvgIpc) is 2.92. The Morgan fingerprint density at radius 2 is 2.25 bits per heavy atom. The maximum atomic E-state index is 12.0. The third-order valence-corrected chi connectivity index (χ3v) is 3.87. The van der Waals surface area contributed by atoms with Crippen LogP contribution in [0, 0.1) is 18.8 Å². The van der Waals surface area contributed by atoms with Crippen molar-refractivity contribution in [3.8, 4) is 11.8 Å². The van der Waals surface area contributed by atoms with Crippen LogP contribution in [0.15, 0.2) is 35.7 Å². The van der Waals surface area contributed by atoms with Crippen LogP contribution < -0.4 is 10.5 Å². The van der Waals surface area contributed by atoms with Crippen molar-refractivity contribution in [3.63, 3.8) is 0 Å². The van der Waals surface area contributed by atoms with Gasteiger partial charge in [-0.25, -0.2) is 4.98 Å². The van der Waals surface area contributed by atoms with E-state index in [1.54, 1.807) is 18.2 Å². The van der Waals surface area contributed by atoms with Crippen molar-refractivity contribution in [1.29, 1.82) is 0 Å². The number of nitrogens with zero attached hydrogens (tertiary/aromatic N) is 1. The molecule has 0 spiro atoms. The van der Waals surface area contributed by atoms with Crippen LogP contribution >= 0.6 is 0 Å². The molecule has 1 heterocycles. The van der Waals surface area contributed by atoms with Crippen molar-refractivity contribution in [1.82, 2.24) is 9.97 Å². The molecule has 0 aliphatic heterocycles. The predicted octanol–water partition coefficient (Wildman–Crippen LogP) is 0.829. The van der Waals surface area contributed by atoms with Gasteiger partial charge < -0.3 is 10.7 Å². The highest BCUT2D eigenvalue weighted by molar-refractivity contribution is 7.92. The summed E-state index contributed by atoms with van der Waals surface area (Å²) < 4.78 is 26.5. The lowest BCUT2D eigenvalue weighted by Gasteiger charge is -2.07. The van der Waals surface area contributed by atoms with Crippen LogP contribution in [0.25, 0.3) is 0 Å². The lowest BCUT2D eigenvalue weighted by molar-refractivity contribution is 0.598. The van der Waals surface area contributed by atoms with Crippen LogP contribution in [-0.2, 0) is 10.0 Å². The molecule has 104 valence electrons. The second kappa shape index (κ2) is 5.77. The van der Waals surface area contributed by atoms with Crippen LogP contribution in [0.1, 0.15) is 11.1 Å². The fourth-order valence-electron chi connectivity index (χ4n) is 1.61. The fraction of sp³-hybridized carbons (Fsp3) is 0.154. The molecule has 0 amide bonds. The second-order valence-corrected chi connectivity index (χ2v) is 5.71. The van der Waals surface area contributed by atoms with E-state index >= 15 is 0 Å². The summed E-state index contributed by atoms with van der Waals surface area (Å²) in [4.78, 5) is 6.24. The molecule has 4 N–H and O–H groups in total. The summed E-state index contributed by atoms with van der Waals surface area (Å²) in [6, 6.07) is 5.12. The molecule has 0 fully saturated rings. The number of aromatic amines is 1. The Balaban J connectivity index is 2.25. The van der Waals surface area contributed by atoms with Crippen LogP contribution in [0.4, 0.5) is 5.69 Å². The highest BCUT2D eigenvalue weighted by Crippen LogP contribution is 2.17. The van der Waals surface area contributed by atoms with E-state index in [-0.39, 0.29) is 11.6 Å². The normalized spacial score (nSPS) is 10.7. The molecule has 0 saturated heterocycles. The SMILES string of the molecule is Cc1cc(NS(=O)(=O)c2cnc[nH]2)ccc1C#CCN. The van der Waals surface area contributed by atoms with Gasteiger partial charge in [0.2, 0.25) is 0 Å². The Labute approximate surface area is 117 Å². The maximum absolute atomic E-state index is 12.0. The second-order valence-electron chi connectivity index (χ2n) is 4.06. The van der Waals surface area contributed by atoms with Crippen LogP contribution in [-0.4, -0.2) is 24.9 Å². The van der Waals surface area contributed by atoms with Crippen molar-refractivity contribution in [3.05, 3.63) is 41.9 Å². The topological polar surface area (TPSA) is 101 Å². The van der Waals surface area contributed by atoms with Crippen LogP contribution in [0.3, 0.4) is 0 Å². The van der Waals surface area contributed by atoms with Gasteiger partial charge in [0.15, 0.2) is 5.03 Å². The Hall–Kier alpha value is -2.30. The lowest BCUT2D eigenvalue weighted by atomic mass is 10.1. The van der Waals surface area contributed by atoms with Gasteiger partial charge in [0.05, 0.1) is 19.1 Å². The molecule has 0 atom stereocenters. The zero-order chi connectivity index (χ0) is 14.6. The van der Waals surface area contributed by atoms with Gasteiger partial charge in [-0.1, -0.05) is 11.8 Å². The first-order chi connectivity index (χ1) is 9.53. The van der Waals surface area contributed by atoms with Gasteiger partial charge in [0, 0.05) is 11.3 Å². The van der Waals surface area contributed by atoms with Crippen LogP contribution in [0.2, 0.25) is 0 Å². The summed E-state index contributed by atoms with van der Waals surface area (Å²) >= 11 is 0. The van der Waals surface area contributed by atoms with Gasteiger partial charge in [-0.15, -0.1) is 0 Å². The summed E-state index contributed by atoms with van der Waals surface area (Å²) in [6.45, 7) is 2.14. The number of H-pyrrole nitrogens is 1. The maximum Gasteiger partial charge on any atom is 0.278 e. The summed E-state index contributed by atoms with van der Waals surface area (Å²) in [7, 11) is -3.64. The first-order valence-corrected chi connectivity index (χ1v) is 7.32. The van der Waals surface area contributed by atoms with E-state index in [2.05, 4.69) is 26.5 Å². The van der Waals surface area contributed by atoms with Crippen molar-refractivity contribution in [2.45, 2.75) is 11.9 Å². The third kappa shape index (κ3) is 3.17. The van der Waals surface area contributed by atoms with E-state index in [1.807, 2.05) is 6.92 Å². The summed E-state index contributed by atoms with van der Waals surface area (Å²) in [6.07, 6.45) is 2.56. The molecule has 1 aromatic heterocycles. The smallest absolute Gasteiger partial charge is 0.278 e. The highest BCUT2D eigenvalue weighted by atomic mass is 32.2. The largest absolute Gasteiger partial charge is 0.334 e. The summed E-state index contributed by atoms with van der Waals surface area (Å²) in [5, 5.41) is 0.0159. The summed E-state index contributed by atoms with van der Waals surface area (Å²) in [5.74, 6) is 5.68. The Bertz CT molecular complexity index is 755. The minimum Gasteiger partial charge on any atom is -0.334 e. The number of imidazole rings is 1. The van der Waals surface area contributed by atoms with Crippen molar-refractivity contribution in [2.24, 2.45) is 5.73 Å². The average molecular weight is 290 g/mol. The number of sulfonamides is 1. The van der Waals surface area contributed by atoms with E-state index in [0.29, 0.717) is 5.69 Å². The Kier molecular flexibility index (Phi) is 4.08. The number of hydrogen-bond donors (Lipinski definition) is 3. The molecule has 0 radical (unpaired) electrons. The molecule has 0 saturated carbocycles. The zero-order valence-corrected chi connectivity index (χ0v) is 11.7. The van der Waals surface area contributed by atoms with Crippen LogP contribution in [0.5, 0.6) is 0 Å². The molecule has 0 bridgehead atoms. The molecule has 7 heteroatoms. The molecular weight excluding hydrogens is 276 g/mol. The number of nitrogens with two attached hydrogens (primary N) is 1. The number of anilines is 1. The van der Waals surface area contributed by atoms with E-state index in [1.165, 1.54) is 12.5 Å². The molecule has 2 rings (SSSR count). The quantitative estimate of drug-likeness (QED) is 0.729. The predicted molar refractivity (Wildman–Crippen MR) is 76.5 cm³/mol.